The van der Waals surface area contributed by atoms with Gasteiger partial charge in [0.25, 0.3) is 5.91 Å². The molecule has 1 amide bonds. The van der Waals surface area contributed by atoms with Crippen LogP contribution in [0.3, 0.4) is 0 Å². The molecule has 5 rings (SSSR count). The third kappa shape index (κ3) is 8.26. The maximum absolute atomic E-state index is 14.7. The average molecular weight is 598 g/mol. The van der Waals surface area contributed by atoms with E-state index in [1.165, 1.54) is 12.1 Å². The maximum atomic E-state index is 14.7. The summed E-state index contributed by atoms with van der Waals surface area (Å²) in [4.78, 5) is 16.1. The number of amides is 1. The predicted octanol–water partition coefficient (Wildman–Crippen LogP) is 5.48. The second kappa shape index (κ2) is 14.4. The van der Waals surface area contributed by atoms with Gasteiger partial charge in [-0.25, -0.2) is 4.39 Å². The number of nitrogens with zero attached hydrogens (tertiary/aromatic N) is 1. The van der Waals surface area contributed by atoms with Crippen molar-refractivity contribution in [2.24, 2.45) is 0 Å². The zero-order chi connectivity index (χ0) is 31.1. The summed E-state index contributed by atoms with van der Waals surface area (Å²) in [6, 6.07) is 17.8. The fourth-order valence-corrected chi connectivity index (χ4v) is 6.21. The van der Waals surface area contributed by atoms with E-state index in [9.17, 15) is 14.3 Å². The molecule has 0 aromatic heterocycles. The average Bonchev–Trinajstić information content (AvgIpc) is 3.80. The third-order valence-electron chi connectivity index (χ3n) is 8.63. The number of aliphatic hydroxyl groups is 1. The van der Waals surface area contributed by atoms with E-state index in [2.05, 4.69) is 40.5 Å². The molecule has 1 aliphatic carbocycles. The Labute approximate surface area is 261 Å². The normalized spacial score (nSPS) is 19.6. The molecule has 6 nitrogen and oxygen atoms in total. The standard InChI is InChI=1S/C37H44FN3O3/c1-4-13-41-14-6-7-15-44-33-21-28(20-32(38)23-33)22-34(40-36(43)30-17-26(3)16-29(18-30)25-41)35(42)24-39-37(11-12-37)31-10-8-9-27(5-2)19-31/h2,8-10,16-21,23,34-35,39,42H,4,6-7,11-15,22,24-25H2,1,3H3,(H,40,43)/t34-,35+/m0/s1. The SMILES string of the molecule is C#Cc1cccc(C2(NC[C@@H](O)[C@@H]3Cc4cc(F)cc(c4)OCCCCN(CCC)Cc4cc(C)cc(c4)C(=O)N3)CC2)c1. The summed E-state index contributed by atoms with van der Waals surface area (Å²) in [7, 11) is 0. The van der Waals surface area contributed by atoms with E-state index >= 15 is 0 Å². The minimum Gasteiger partial charge on any atom is -0.493 e. The largest absolute Gasteiger partial charge is 0.493 e. The van der Waals surface area contributed by atoms with Crippen molar-refractivity contribution in [2.45, 2.75) is 76.6 Å². The van der Waals surface area contributed by atoms with Crippen molar-refractivity contribution in [1.29, 1.82) is 0 Å². The van der Waals surface area contributed by atoms with Crippen molar-refractivity contribution in [3.63, 3.8) is 0 Å². The molecule has 232 valence electrons. The Kier molecular flexibility index (Phi) is 10.4. The van der Waals surface area contributed by atoms with Gasteiger partial charge in [-0.05, 0) is 112 Å². The predicted molar refractivity (Wildman–Crippen MR) is 172 cm³/mol. The number of fused-ring (bicyclic) bond motifs is 4. The van der Waals surface area contributed by atoms with Gasteiger partial charge in [0.05, 0.1) is 18.8 Å². The van der Waals surface area contributed by atoms with Crippen LogP contribution in [-0.2, 0) is 18.5 Å². The molecule has 0 radical (unpaired) electrons. The first-order valence-corrected chi connectivity index (χ1v) is 15.8. The summed E-state index contributed by atoms with van der Waals surface area (Å²) in [5.74, 6) is 2.49. The van der Waals surface area contributed by atoms with Crippen LogP contribution in [0.2, 0.25) is 0 Å². The Morgan fingerprint density at radius 1 is 1.16 bits per heavy atom. The molecule has 2 atom stereocenters. The molecule has 0 saturated heterocycles. The van der Waals surface area contributed by atoms with E-state index in [4.69, 9.17) is 11.2 Å². The van der Waals surface area contributed by atoms with Crippen LogP contribution in [0.5, 0.6) is 5.75 Å². The van der Waals surface area contributed by atoms with Gasteiger partial charge in [0.15, 0.2) is 0 Å². The van der Waals surface area contributed by atoms with Crippen molar-refractivity contribution in [3.8, 4) is 18.1 Å². The molecule has 44 heavy (non-hydrogen) atoms. The number of aliphatic hydroxyl groups excluding tert-OH is 1. The summed E-state index contributed by atoms with van der Waals surface area (Å²) in [6.07, 6.45) is 9.63. The quantitative estimate of drug-likeness (QED) is 0.315. The van der Waals surface area contributed by atoms with Crippen molar-refractivity contribution in [1.82, 2.24) is 15.5 Å². The van der Waals surface area contributed by atoms with Gasteiger partial charge in [-0.15, -0.1) is 6.42 Å². The van der Waals surface area contributed by atoms with Gasteiger partial charge in [0.1, 0.15) is 11.6 Å². The number of terminal acetylenes is 1. The number of ether oxygens (including phenoxy) is 1. The minimum absolute atomic E-state index is 0.241. The van der Waals surface area contributed by atoms with E-state index in [0.29, 0.717) is 23.5 Å². The summed E-state index contributed by atoms with van der Waals surface area (Å²) in [5, 5.41) is 18.2. The Balaban J connectivity index is 1.41. The second-order valence-corrected chi connectivity index (χ2v) is 12.4. The van der Waals surface area contributed by atoms with Crippen LogP contribution in [0.1, 0.15) is 77.2 Å². The lowest BCUT2D eigenvalue weighted by Crippen LogP contribution is -2.50. The molecule has 3 N–H and O–H groups in total. The highest BCUT2D eigenvalue weighted by Crippen LogP contribution is 2.45. The molecule has 2 aliphatic rings. The van der Waals surface area contributed by atoms with Gasteiger partial charge in [-0.1, -0.05) is 36.6 Å². The zero-order valence-electron chi connectivity index (χ0n) is 25.9. The number of hydrogen-bond acceptors (Lipinski definition) is 5. The number of halogens is 1. The molecule has 1 aliphatic heterocycles. The van der Waals surface area contributed by atoms with Crippen LogP contribution in [0.25, 0.3) is 0 Å². The Bertz CT molecular complexity index is 1500. The number of aryl methyl sites for hydroxylation is 1. The molecule has 4 bridgehead atoms. The lowest BCUT2D eigenvalue weighted by molar-refractivity contribution is 0.0821. The van der Waals surface area contributed by atoms with Gasteiger partial charge in [-0.2, -0.15) is 0 Å². The highest BCUT2D eigenvalue weighted by Gasteiger charge is 2.44. The van der Waals surface area contributed by atoms with Crippen LogP contribution >= 0.6 is 0 Å². The maximum Gasteiger partial charge on any atom is 0.251 e. The Hall–Kier alpha value is -3.70. The molecule has 3 aromatic rings. The number of nitrogens with one attached hydrogen (secondary N) is 2. The van der Waals surface area contributed by atoms with Gasteiger partial charge in [0, 0.05) is 35.8 Å². The van der Waals surface area contributed by atoms with Gasteiger partial charge in [-0.3, -0.25) is 9.69 Å². The first-order chi connectivity index (χ1) is 21.3. The van der Waals surface area contributed by atoms with Crippen LogP contribution in [0.4, 0.5) is 4.39 Å². The molecule has 1 saturated carbocycles. The van der Waals surface area contributed by atoms with Gasteiger partial charge >= 0.3 is 0 Å². The first-order valence-electron chi connectivity index (χ1n) is 15.8. The molecule has 1 fully saturated rings. The Morgan fingerprint density at radius 3 is 2.77 bits per heavy atom. The van der Waals surface area contributed by atoms with Crippen molar-refractivity contribution in [3.05, 3.63) is 99.9 Å². The second-order valence-electron chi connectivity index (χ2n) is 12.4. The fourth-order valence-electron chi connectivity index (χ4n) is 6.21. The van der Waals surface area contributed by atoms with E-state index in [0.717, 1.165) is 74.0 Å². The third-order valence-corrected chi connectivity index (χ3v) is 8.63. The highest BCUT2D eigenvalue weighted by molar-refractivity contribution is 5.94. The van der Waals surface area contributed by atoms with Gasteiger partial charge < -0.3 is 20.5 Å². The van der Waals surface area contributed by atoms with E-state index in [1.807, 2.05) is 43.3 Å². The van der Waals surface area contributed by atoms with E-state index in [-0.39, 0.29) is 24.4 Å². The number of benzene rings is 3. The lowest BCUT2D eigenvalue weighted by atomic mass is 9.98. The van der Waals surface area contributed by atoms with Crippen molar-refractivity contribution in [2.75, 3.05) is 26.2 Å². The number of carbonyl (C=O) groups is 1. The topological polar surface area (TPSA) is 73.8 Å². The molecule has 3 aromatic carbocycles. The summed E-state index contributed by atoms with van der Waals surface area (Å²) in [5.41, 5.74) is 4.94. The van der Waals surface area contributed by atoms with Gasteiger partial charge in [0.2, 0.25) is 0 Å². The monoisotopic (exact) mass is 597 g/mol. The molecule has 7 heteroatoms. The first kappa shape index (κ1) is 31.7. The van der Waals surface area contributed by atoms with Crippen molar-refractivity contribution < 1.29 is 19.0 Å². The van der Waals surface area contributed by atoms with Crippen molar-refractivity contribution >= 4 is 5.91 Å². The van der Waals surface area contributed by atoms with E-state index in [1.54, 1.807) is 0 Å². The fraction of sp³-hybridized carbons (Fsp3) is 0.432. The van der Waals surface area contributed by atoms with Crippen LogP contribution in [-0.4, -0.2) is 54.3 Å². The lowest BCUT2D eigenvalue weighted by Gasteiger charge is -2.28. The highest BCUT2D eigenvalue weighted by atomic mass is 19.1. The molecule has 1 heterocycles. The number of carbonyl (C=O) groups excluding carboxylic acids is 1. The smallest absolute Gasteiger partial charge is 0.251 e. The molecule has 0 spiro atoms. The summed E-state index contributed by atoms with van der Waals surface area (Å²) < 4.78 is 20.7. The van der Waals surface area contributed by atoms with Crippen LogP contribution in [0.15, 0.2) is 60.7 Å². The van der Waals surface area contributed by atoms with E-state index < -0.39 is 18.0 Å². The summed E-state index contributed by atoms with van der Waals surface area (Å²) in [6.45, 7) is 7.53. The van der Waals surface area contributed by atoms with Crippen LogP contribution < -0.4 is 15.4 Å². The summed E-state index contributed by atoms with van der Waals surface area (Å²) >= 11 is 0. The minimum atomic E-state index is -0.939. The molecular formula is C37H44FN3O3. The number of hydrogen-bond donors (Lipinski definition) is 3. The Morgan fingerprint density at radius 2 is 2.00 bits per heavy atom. The molecular weight excluding hydrogens is 553 g/mol. The molecule has 0 unspecified atom stereocenters. The zero-order valence-corrected chi connectivity index (χ0v) is 25.9. The van der Waals surface area contributed by atoms with Crippen LogP contribution in [0, 0.1) is 25.1 Å². The number of rotatable bonds is 7.